The molecule has 6 heteroatoms. The predicted molar refractivity (Wildman–Crippen MR) is 108 cm³/mol. The summed E-state index contributed by atoms with van der Waals surface area (Å²) in [7, 11) is 0. The Morgan fingerprint density at radius 2 is 1.48 bits per heavy atom. The van der Waals surface area contributed by atoms with Crippen LogP contribution in [0.15, 0.2) is 78.9 Å². The average Bonchev–Trinajstić information content (AvgIpc) is 2.74. The van der Waals surface area contributed by atoms with Crippen molar-refractivity contribution in [1.29, 1.82) is 0 Å². The summed E-state index contributed by atoms with van der Waals surface area (Å²) in [6.07, 6.45) is 0. The van der Waals surface area contributed by atoms with Crippen molar-refractivity contribution < 1.29 is 19.2 Å². The van der Waals surface area contributed by atoms with Crippen LogP contribution in [0.3, 0.4) is 0 Å². The molecule has 6 nitrogen and oxygen atoms in total. The van der Waals surface area contributed by atoms with E-state index in [2.05, 4.69) is 0 Å². The fourth-order valence-electron chi connectivity index (χ4n) is 3.04. The number of hydrogen-bond acceptors (Lipinski definition) is 5. The maximum absolute atomic E-state index is 12.8. The Balaban J connectivity index is 1.78. The largest absolute Gasteiger partial charge is 0.457 e. The number of carbonyl (C=O) groups excluding carboxylic acids is 2. The summed E-state index contributed by atoms with van der Waals surface area (Å²) in [5.41, 5.74) is 1.95. The van der Waals surface area contributed by atoms with E-state index in [-0.39, 0.29) is 11.3 Å². The van der Waals surface area contributed by atoms with Gasteiger partial charge in [-0.05, 0) is 18.1 Å². The second-order valence-corrected chi connectivity index (χ2v) is 6.54. The lowest BCUT2D eigenvalue weighted by atomic mass is 9.91. The zero-order valence-corrected chi connectivity index (χ0v) is 15.8. The summed E-state index contributed by atoms with van der Waals surface area (Å²) in [6, 6.07) is 22.5. The summed E-state index contributed by atoms with van der Waals surface area (Å²) < 4.78 is 5.30. The molecule has 29 heavy (non-hydrogen) atoms. The van der Waals surface area contributed by atoms with Gasteiger partial charge in [0.05, 0.1) is 4.92 Å². The van der Waals surface area contributed by atoms with E-state index in [1.54, 1.807) is 6.92 Å². The number of aryl methyl sites for hydroxylation is 1. The number of ether oxygens (including phenoxy) is 1. The average molecular weight is 389 g/mol. The van der Waals surface area contributed by atoms with Crippen molar-refractivity contribution in [1.82, 2.24) is 0 Å². The number of rotatable bonds is 7. The van der Waals surface area contributed by atoms with Crippen LogP contribution in [0.25, 0.3) is 0 Å². The molecule has 0 bridgehead atoms. The lowest BCUT2D eigenvalue weighted by Crippen LogP contribution is -2.21. The molecule has 0 saturated heterocycles. The normalized spacial score (nSPS) is 10.6. The van der Waals surface area contributed by atoms with Crippen molar-refractivity contribution in [2.45, 2.75) is 12.8 Å². The number of nitrogens with zero attached hydrogens (tertiary/aromatic N) is 1. The lowest BCUT2D eigenvalue weighted by molar-refractivity contribution is -0.385. The van der Waals surface area contributed by atoms with E-state index in [4.69, 9.17) is 4.74 Å². The van der Waals surface area contributed by atoms with E-state index in [0.717, 1.165) is 11.1 Å². The molecule has 0 fully saturated rings. The molecule has 3 aromatic carbocycles. The number of ketones is 1. The van der Waals surface area contributed by atoms with Gasteiger partial charge in [0.2, 0.25) is 5.78 Å². The molecule has 0 atom stereocenters. The summed E-state index contributed by atoms with van der Waals surface area (Å²) in [5.74, 6) is -1.73. The van der Waals surface area contributed by atoms with E-state index in [0.29, 0.717) is 5.56 Å². The van der Waals surface area contributed by atoms with Gasteiger partial charge >= 0.3 is 5.97 Å². The number of hydrogen-bond donors (Lipinski definition) is 0. The maximum atomic E-state index is 12.8. The van der Waals surface area contributed by atoms with Gasteiger partial charge in [0.25, 0.3) is 5.69 Å². The third-order valence-electron chi connectivity index (χ3n) is 4.57. The molecule has 0 aliphatic heterocycles. The molecule has 0 aliphatic carbocycles. The smallest absolute Gasteiger partial charge is 0.318 e. The van der Waals surface area contributed by atoms with Crippen LogP contribution in [0.1, 0.15) is 33.0 Å². The van der Waals surface area contributed by atoms with Crippen LogP contribution in [0.4, 0.5) is 5.69 Å². The zero-order valence-electron chi connectivity index (χ0n) is 15.8. The highest BCUT2D eigenvalue weighted by atomic mass is 16.6. The summed E-state index contributed by atoms with van der Waals surface area (Å²) in [4.78, 5) is 35.8. The Labute approximate surface area is 167 Å². The predicted octanol–water partition coefficient (Wildman–Crippen LogP) is 4.46. The third kappa shape index (κ3) is 4.73. The molecule has 0 unspecified atom stereocenters. The van der Waals surface area contributed by atoms with Crippen LogP contribution >= 0.6 is 0 Å². The van der Waals surface area contributed by atoms with Crippen molar-refractivity contribution in [2.24, 2.45) is 0 Å². The van der Waals surface area contributed by atoms with Crippen LogP contribution in [-0.2, 0) is 9.53 Å². The fourth-order valence-corrected chi connectivity index (χ4v) is 3.04. The number of esters is 1. The van der Waals surface area contributed by atoms with E-state index in [9.17, 15) is 19.7 Å². The van der Waals surface area contributed by atoms with Gasteiger partial charge in [-0.25, -0.2) is 0 Å². The molecule has 3 aromatic rings. The minimum Gasteiger partial charge on any atom is -0.457 e. The molecule has 0 saturated carbocycles. The minimum atomic E-state index is -0.669. The highest BCUT2D eigenvalue weighted by Gasteiger charge is 2.25. The van der Waals surface area contributed by atoms with Gasteiger partial charge in [-0.1, -0.05) is 72.8 Å². The Morgan fingerprint density at radius 1 is 0.931 bits per heavy atom. The van der Waals surface area contributed by atoms with Gasteiger partial charge in [0.15, 0.2) is 6.61 Å². The van der Waals surface area contributed by atoms with Gasteiger partial charge in [-0.2, -0.15) is 0 Å². The number of Topliss-reactive ketones (excluding diaryl/α,β-unsaturated/α-hetero) is 1. The molecule has 0 amide bonds. The fraction of sp³-hybridized carbons (Fsp3) is 0.130. The molecular formula is C23H19NO5. The Bertz CT molecular complexity index is 992. The van der Waals surface area contributed by atoms with Crippen molar-refractivity contribution >= 4 is 17.4 Å². The molecule has 0 heterocycles. The molecule has 0 radical (unpaired) electrons. The molecule has 0 N–H and O–H groups in total. The molecule has 0 aromatic heterocycles. The van der Waals surface area contributed by atoms with Crippen molar-refractivity contribution in [2.75, 3.05) is 6.61 Å². The first-order valence-electron chi connectivity index (χ1n) is 9.02. The van der Waals surface area contributed by atoms with Gasteiger partial charge in [0, 0.05) is 17.2 Å². The highest BCUT2D eigenvalue weighted by Crippen LogP contribution is 2.26. The standard InChI is InChI=1S/C23H19NO5/c1-16-12-13-19(14-20(16)24(27)28)21(25)15-29-23(26)22(17-8-4-2-5-9-17)18-10-6-3-7-11-18/h2-14,22H,15H2,1H3. The second-order valence-electron chi connectivity index (χ2n) is 6.54. The van der Waals surface area contributed by atoms with Crippen LogP contribution in [-0.4, -0.2) is 23.3 Å². The Kier molecular flexibility index (Phi) is 6.14. The van der Waals surface area contributed by atoms with Crippen molar-refractivity contribution in [3.63, 3.8) is 0 Å². The molecule has 3 rings (SSSR count). The van der Waals surface area contributed by atoms with Crippen molar-refractivity contribution in [3.8, 4) is 0 Å². The van der Waals surface area contributed by atoms with Crippen LogP contribution in [0, 0.1) is 17.0 Å². The monoisotopic (exact) mass is 389 g/mol. The molecular weight excluding hydrogens is 370 g/mol. The lowest BCUT2D eigenvalue weighted by Gasteiger charge is -2.17. The van der Waals surface area contributed by atoms with Crippen LogP contribution in [0.2, 0.25) is 0 Å². The van der Waals surface area contributed by atoms with Crippen LogP contribution < -0.4 is 0 Å². The van der Waals surface area contributed by atoms with Crippen molar-refractivity contribution in [3.05, 3.63) is 111 Å². The first kappa shape index (κ1) is 19.9. The van der Waals surface area contributed by atoms with E-state index in [1.165, 1.54) is 18.2 Å². The topological polar surface area (TPSA) is 86.5 Å². The zero-order chi connectivity index (χ0) is 20.8. The third-order valence-corrected chi connectivity index (χ3v) is 4.57. The summed E-state index contributed by atoms with van der Waals surface area (Å²) in [5, 5.41) is 11.1. The number of nitro benzene ring substituents is 1. The molecule has 146 valence electrons. The summed E-state index contributed by atoms with van der Waals surface area (Å²) in [6.45, 7) is 1.10. The summed E-state index contributed by atoms with van der Waals surface area (Å²) >= 11 is 0. The minimum absolute atomic E-state index is 0.131. The maximum Gasteiger partial charge on any atom is 0.318 e. The van der Waals surface area contributed by atoms with Gasteiger partial charge in [-0.15, -0.1) is 0 Å². The Morgan fingerprint density at radius 3 is 2.00 bits per heavy atom. The van der Waals surface area contributed by atoms with Gasteiger partial charge in [-0.3, -0.25) is 19.7 Å². The number of benzene rings is 3. The van der Waals surface area contributed by atoms with Gasteiger partial charge < -0.3 is 4.74 Å². The second kappa shape index (κ2) is 8.93. The van der Waals surface area contributed by atoms with Crippen LogP contribution in [0.5, 0.6) is 0 Å². The number of carbonyl (C=O) groups is 2. The van der Waals surface area contributed by atoms with Gasteiger partial charge in [0.1, 0.15) is 5.92 Å². The first-order chi connectivity index (χ1) is 14.0. The Hall–Kier alpha value is -3.80. The molecule has 0 spiro atoms. The first-order valence-corrected chi connectivity index (χ1v) is 9.02. The SMILES string of the molecule is Cc1ccc(C(=O)COC(=O)C(c2ccccc2)c2ccccc2)cc1[N+](=O)[O-]. The van der Waals surface area contributed by atoms with E-state index in [1.807, 2.05) is 60.7 Å². The van der Waals surface area contributed by atoms with E-state index < -0.39 is 29.2 Å². The van der Waals surface area contributed by atoms with E-state index >= 15 is 0 Å². The number of nitro groups is 1. The quantitative estimate of drug-likeness (QED) is 0.258. The molecule has 0 aliphatic rings. The highest BCUT2D eigenvalue weighted by molar-refractivity contribution is 5.99.